The lowest BCUT2D eigenvalue weighted by molar-refractivity contribution is -0.144. The van der Waals surface area contributed by atoms with Crippen LogP contribution in [-0.4, -0.2) is 100 Å². The zero-order valence-electron chi connectivity index (χ0n) is 32.8. The minimum atomic E-state index is -1.74. The second kappa shape index (κ2) is 32.5. The van der Waals surface area contributed by atoms with Crippen LogP contribution < -0.4 is 32.1 Å². The van der Waals surface area contributed by atoms with Gasteiger partial charge in [-0.25, -0.2) is 0 Å². The number of hydroxylamine groups is 1. The number of halogens is 6. The van der Waals surface area contributed by atoms with Gasteiger partial charge in [0, 0.05) is 51.9 Å². The van der Waals surface area contributed by atoms with E-state index in [0.717, 1.165) is 57.9 Å². The van der Waals surface area contributed by atoms with Crippen LogP contribution in [0.3, 0.4) is 0 Å². The number of hydrogen-bond acceptors (Lipinski definition) is 10. The van der Waals surface area contributed by atoms with Crippen LogP contribution in [-0.2, 0) is 38.3 Å². The lowest BCUT2D eigenvalue weighted by Crippen LogP contribution is -2.46. The van der Waals surface area contributed by atoms with Crippen LogP contribution in [0.4, 0.5) is 0 Å². The van der Waals surface area contributed by atoms with Gasteiger partial charge in [0.1, 0.15) is 24.5 Å². The summed E-state index contributed by atoms with van der Waals surface area (Å²) in [7, 11) is 0. The van der Waals surface area contributed by atoms with Crippen molar-refractivity contribution in [2.24, 2.45) is 0 Å². The number of amides is 4. The van der Waals surface area contributed by atoms with Crippen LogP contribution in [0, 0.1) is 0 Å². The first-order valence-electron chi connectivity index (χ1n) is 19.4. The van der Waals surface area contributed by atoms with Crippen LogP contribution in [0.25, 0.3) is 0 Å². The summed E-state index contributed by atoms with van der Waals surface area (Å²) in [5, 5.41) is 14.7. The van der Waals surface area contributed by atoms with E-state index in [-0.39, 0.29) is 49.7 Å². The van der Waals surface area contributed by atoms with Crippen molar-refractivity contribution in [3.05, 3.63) is 0 Å². The summed E-state index contributed by atoms with van der Waals surface area (Å²) in [5.74, 6) is -2.00. The Balaban J connectivity index is 4.20. The summed E-state index contributed by atoms with van der Waals surface area (Å²) in [6.45, 7) is 7.43. The number of unbranched alkanes of at least 4 members (excludes halogenated alkanes) is 5. The first kappa shape index (κ1) is 54.6. The Morgan fingerprint density at radius 1 is 0.625 bits per heavy atom. The number of hydrogen-bond donors (Lipinski definition) is 6. The number of Topliss-reactive ketones (excluding diaryl/α,β-unsaturated/α-hetero) is 1. The van der Waals surface area contributed by atoms with Crippen molar-refractivity contribution in [2.45, 2.75) is 149 Å². The Kier molecular flexibility index (Phi) is 31.7. The fourth-order valence-electron chi connectivity index (χ4n) is 5.47. The molecule has 4 amide bonds. The van der Waals surface area contributed by atoms with Gasteiger partial charge in [0.25, 0.3) is 0 Å². The summed E-state index contributed by atoms with van der Waals surface area (Å²) in [6.07, 6.45) is 9.02. The third-order valence-electron chi connectivity index (χ3n) is 8.23. The molecule has 3 atom stereocenters. The highest BCUT2D eigenvalue weighted by Gasteiger charge is 2.27. The molecule has 0 aliphatic rings. The number of ketones is 1. The molecule has 14 nitrogen and oxygen atoms in total. The van der Waals surface area contributed by atoms with Crippen molar-refractivity contribution < 1.29 is 38.3 Å². The molecule has 20 heteroatoms. The Labute approximate surface area is 362 Å². The summed E-state index contributed by atoms with van der Waals surface area (Å²) in [4.78, 5) is 78.3. The number of carbonyl (C=O) groups excluding carboxylic acids is 6. The smallest absolute Gasteiger partial charge is 0.306 e. The molecule has 0 radical (unpaired) electrons. The molecule has 0 aliphatic heterocycles. The average molecular weight is 920 g/mol. The Morgan fingerprint density at radius 2 is 1.18 bits per heavy atom. The number of rotatable bonds is 33. The molecule has 0 rings (SSSR count). The zero-order valence-corrected chi connectivity index (χ0v) is 37.4. The molecule has 0 aliphatic carbocycles. The van der Waals surface area contributed by atoms with Gasteiger partial charge < -0.3 is 36.2 Å². The van der Waals surface area contributed by atoms with E-state index in [1.807, 2.05) is 0 Å². The maximum Gasteiger partial charge on any atom is 0.306 e. The summed E-state index contributed by atoms with van der Waals surface area (Å²) >= 11 is 33.8. The minimum Gasteiger partial charge on any atom is -0.461 e. The molecule has 0 fully saturated rings. The van der Waals surface area contributed by atoms with Crippen LogP contribution >= 0.6 is 69.6 Å². The summed E-state index contributed by atoms with van der Waals surface area (Å²) in [6, 6.07) is -1.23. The van der Waals surface area contributed by atoms with Gasteiger partial charge in [-0.1, -0.05) is 102 Å². The number of ether oxygens (including phenoxy) is 1. The van der Waals surface area contributed by atoms with Crippen molar-refractivity contribution in [2.75, 3.05) is 39.4 Å². The first-order chi connectivity index (χ1) is 26.4. The second-order valence-corrected chi connectivity index (χ2v) is 18.4. The molecular formula is C36H62Cl6N6O8. The van der Waals surface area contributed by atoms with E-state index in [1.165, 1.54) is 6.92 Å². The molecular weight excluding hydrogens is 857 g/mol. The van der Waals surface area contributed by atoms with E-state index >= 15 is 0 Å². The third kappa shape index (κ3) is 33.6. The monoisotopic (exact) mass is 916 g/mol. The van der Waals surface area contributed by atoms with Gasteiger partial charge >= 0.3 is 5.97 Å². The van der Waals surface area contributed by atoms with E-state index in [0.29, 0.717) is 51.5 Å². The molecule has 56 heavy (non-hydrogen) atoms. The van der Waals surface area contributed by atoms with Gasteiger partial charge in [0.05, 0.1) is 13.0 Å². The van der Waals surface area contributed by atoms with Gasteiger partial charge in [-0.3, -0.25) is 28.8 Å². The van der Waals surface area contributed by atoms with Crippen LogP contribution in [0.5, 0.6) is 0 Å². The quantitative estimate of drug-likeness (QED) is 0.0202. The maximum atomic E-state index is 12.7. The molecule has 326 valence electrons. The molecule has 0 aromatic rings. The number of alkyl halides is 6. The van der Waals surface area contributed by atoms with E-state index in [9.17, 15) is 28.8 Å². The van der Waals surface area contributed by atoms with E-state index < -0.39 is 44.1 Å². The molecule has 6 N–H and O–H groups in total. The first-order valence-corrected chi connectivity index (χ1v) is 21.6. The predicted octanol–water partition coefficient (Wildman–Crippen LogP) is 5.82. The molecule has 0 spiro atoms. The number of esters is 1. The maximum absolute atomic E-state index is 12.7. The molecule has 3 unspecified atom stereocenters. The highest BCUT2D eigenvalue weighted by Crippen LogP contribution is 2.31. The topological polar surface area (TPSA) is 193 Å². The van der Waals surface area contributed by atoms with Gasteiger partial charge in [-0.2, -0.15) is 5.48 Å². The Hall–Kier alpha value is -1.36. The van der Waals surface area contributed by atoms with Crippen LogP contribution in [0.15, 0.2) is 0 Å². The van der Waals surface area contributed by atoms with Gasteiger partial charge in [0.2, 0.25) is 27.4 Å². The molecule has 0 aromatic heterocycles. The molecule has 0 saturated heterocycles. The number of carbonyl (C=O) groups is 6. The van der Waals surface area contributed by atoms with Crippen LogP contribution in [0.2, 0.25) is 0 Å². The zero-order chi connectivity index (χ0) is 42.4. The molecule has 0 aromatic carbocycles. The van der Waals surface area contributed by atoms with Gasteiger partial charge in [0.15, 0.2) is 3.79 Å². The molecule has 0 saturated carbocycles. The standard InChI is InChI=1S/C36H62Cl6N6O8/c1-4-43-27(14-8-6-11-23-46-34(54)30(48-56-5-2)18-17-28(50)24-35(37,38)39)15-10-13-21-44-31(51)16-9-7-12-22-45-33(53)29(47-26(3)49)19-20-32(52)55-25-36(40,41)42/h27,29-30,43,48H,4-25H2,1-3H3,(H,44,51)(H,45,53)(H,46,54)(H,47,49). The van der Waals surface area contributed by atoms with Crippen molar-refractivity contribution in [3.8, 4) is 0 Å². The molecule has 0 bridgehead atoms. The second-order valence-electron chi connectivity index (χ2n) is 13.4. The van der Waals surface area contributed by atoms with Crippen molar-refractivity contribution in [1.29, 1.82) is 0 Å². The van der Waals surface area contributed by atoms with Gasteiger partial charge in [-0.15, -0.1) is 0 Å². The Bertz CT molecular complexity index is 1160. The van der Waals surface area contributed by atoms with E-state index in [2.05, 4.69) is 39.0 Å². The number of nitrogens with one attached hydrogen (secondary N) is 6. The largest absolute Gasteiger partial charge is 0.461 e. The van der Waals surface area contributed by atoms with Gasteiger partial charge in [-0.05, 0) is 64.8 Å². The van der Waals surface area contributed by atoms with Crippen molar-refractivity contribution >= 4 is 105 Å². The van der Waals surface area contributed by atoms with E-state index in [4.69, 9.17) is 79.2 Å². The molecule has 0 heterocycles. The van der Waals surface area contributed by atoms with Crippen LogP contribution in [0.1, 0.15) is 124 Å². The van der Waals surface area contributed by atoms with E-state index in [1.54, 1.807) is 6.92 Å². The lowest BCUT2D eigenvalue weighted by Gasteiger charge is -2.19. The highest BCUT2D eigenvalue weighted by molar-refractivity contribution is 6.68. The Morgan fingerprint density at radius 3 is 1.75 bits per heavy atom. The summed E-state index contributed by atoms with van der Waals surface area (Å²) in [5.41, 5.74) is 2.71. The van der Waals surface area contributed by atoms with Crippen molar-refractivity contribution in [3.63, 3.8) is 0 Å². The SMILES string of the molecule is CCNC(CCCCCNC(=O)C(CCC(=O)CC(Cl)(Cl)Cl)NOCC)CCCCNC(=O)CCCCCNC(=O)C(CCC(=O)OCC(Cl)(Cl)Cl)NC(C)=O. The highest BCUT2D eigenvalue weighted by atomic mass is 35.6. The lowest BCUT2D eigenvalue weighted by atomic mass is 10.0. The summed E-state index contributed by atoms with van der Waals surface area (Å²) < 4.78 is 1.46. The fraction of sp³-hybridized carbons (Fsp3) is 0.833. The fourth-order valence-corrected chi connectivity index (χ4v) is 6.08. The normalized spacial score (nSPS) is 13.3. The van der Waals surface area contributed by atoms with Crippen molar-refractivity contribution in [1.82, 2.24) is 32.1 Å². The predicted molar refractivity (Wildman–Crippen MR) is 223 cm³/mol. The minimum absolute atomic E-state index is 0.00906. The average Bonchev–Trinajstić information content (AvgIpc) is 3.10. The third-order valence-corrected chi connectivity index (χ3v) is 8.95.